The Balaban J connectivity index is 1.34. The smallest absolute Gasteiger partial charge is 0.191 e. The number of guanidine groups is 1. The van der Waals surface area contributed by atoms with Crippen molar-refractivity contribution >= 4 is 5.96 Å². The first-order valence-electron chi connectivity index (χ1n) is 9.09. The van der Waals surface area contributed by atoms with Gasteiger partial charge < -0.3 is 15.4 Å². The molecule has 2 aromatic rings. The molecule has 0 aromatic heterocycles. The second-order valence-corrected chi connectivity index (χ2v) is 6.88. The van der Waals surface area contributed by atoms with E-state index >= 15 is 0 Å². The van der Waals surface area contributed by atoms with Crippen molar-refractivity contribution in [2.24, 2.45) is 10.9 Å². The Labute approximate surface area is 149 Å². The Morgan fingerprint density at radius 1 is 1.08 bits per heavy atom. The average Bonchev–Trinajstić information content (AvgIpc) is 3.39. The average molecular weight is 335 g/mol. The fourth-order valence-electron chi connectivity index (χ4n) is 3.57. The van der Waals surface area contributed by atoms with Crippen LogP contribution in [0.2, 0.25) is 0 Å². The minimum Gasteiger partial charge on any atom is -0.493 e. The molecule has 25 heavy (non-hydrogen) atoms. The fraction of sp³-hybridized carbons (Fsp3) is 0.381. The summed E-state index contributed by atoms with van der Waals surface area (Å²) in [4.78, 5) is 4.43. The zero-order valence-corrected chi connectivity index (χ0v) is 14.6. The van der Waals surface area contributed by atoms with E-state index in [1.54, 1.807) is 0 Å². The van der Waals surface area contributed by atoms with Gasteiger partial charge in [0.25, 0.3) is 0 Å². The zero-order valence-electron chi connectivity index (χ0n) is 14.6. The molecule has 0 bridgehead atoms. The monoisotopic (exact) mass is 335 g/mol. The Bertz CT molecular complexity index is 744. The molecule has 130 valence electrons. The minimum atomic E-state index is 0.252. The molecule has 2 aromatic carbocycles. The molecular weight excluding hydrogens is 310 g/mol. The molecule has 1 aliphatic carbocycles. The predicted octanol–water partition coefficient (Wildman–Crippen LogP) is 3.31. The molecule has 0 saturated heterocycles. The lowest BCUT2D eigenvalue weighted by Crippen LogP contribution is -2.42. The maximum Gasteiger partial charge on any atom is 0.191 e. The summed E-state index contributed by atoms with van der Waals surface area (Å²) in [6.07, 6.45) is 3.30. The lowest BCUT2D eigenvalue weighted by molar-refractivity contribution is 0.261. The second-order valence-electron chi connectivity index (χ2n) is 6.88. The highest BCUT2D eigenvalue weighted by atomic mass is 16.5. The fourth-order valence-corrected chi connectivity index (χ4v) is 3.57. The summed E-state index contributed by atoms with van der Waals surface area (Å²) < 4.78 is 5.75. The molecule has 4 heteroatoms. The molecule has 1 aliphatic heterocycles. The lowest BCUT2D eigenvalue weighted by atomic mass is 10.0. The molecule has 3 unspecified atom stereocenters. The molecule has 0 radical (unpaired) electrons. The SMILES string of the molecule is CN=C(NC1CCOc2ccccc21)NC1CC1Cc1ccccc1. The Hall–Kier alpha value is -2.49. The number of hydrogen-bond acceptors (Lipinski definition) is 2. The molecule has 4 rings (SSSR count). The highest BCUT2D eigenvalue weighted by Crippen LogP contribution is 2.34. The molecule has 1 heterocycles. The van der Waals surface area contributed by atoms with Gasteiger partial charge in [0.05, 0.1) is 12.6 Å². The van der Waals surface area contributed by atoms with Crippen LogP contribution in [0.4, 0.5) is 0 Å². The van der Waals surface area contributed by atoms with Gasteiger partial charge in [0.2, 0.25) is 0 Å². The van der Waals surface area contributed by atoms with Crippen molar-refractivity contribution in [1.82, 2.24) is 10.6 Å². The van der Waals surface area contributed by atoms with Crippen molar-refractivity contribution in [3.63, 3.8) is 0 Å². The summed E-state index contributed by atoms with van der Waals surface area (Å²) >= 11 is 0. The minimum absolute atomic E-state index is 0.252. The number of para-hydroxylation sites is 1. The molecule has 1 saturated carbocycles. The van der Waals surface area contributed by atoms with Crippen LogP contribution in [-0.4, -0.2) is 25.7 Å². The first-order valence-corrected chi connectivity index (χ1v) is 9.09. The van der Waals surface area contributed by atoms with Gasteiger partial charge >= 0.3 is 0 Å². The number of benzene rings is 2. The van der Waals surface area contributed by atoms with Crippen LogP contribution in [0, 0.1) is 5.92 Å². The van der Waals surface area contributed by atoms with Gasteiger partial charge in [0.15, 0.2) is 5.96 Å². The van der Waals surface area contributed by atoms with Crippen LogP contribution >= 0.6 is 0 Å². The normalized spacial score (nSPS) is 24.8. The maximum atomic E-state index is 5.75. The Morgan fingerprint density at radius 2 is 1.88 bits per heavy atom. The summed E-state index contributed by atoms with van der Waals surface area (Å²) in [6, 6.07) is 19.7. The molecule has 4 nitrogen and oxygen atoms in total. The van der Waals surface area contributed by atoms with E-state index in [2.05, 4.69) is 58.1 Å². The van der Waals surface area contributed by atoms with E-state index in [9.17, 15) is 0 Å². The molecular formula is C21H25N3O. The van der Waals surface area contributed by atoms with Crippen molar-refractivity contribution in [1.29, 1.82) is 0 Å². The molecule has 0 spiro atoms. The van der Waals surface area contributed by atoms with E-state index in [0.717, 1.165) is 31.2 Å². The van der Waals surface area contributed by atoms with Gasteiger partial charge in [0.1, 0.15) is 5.75 Å². The van der Waals surface area contributed by atoms with E-state index in [1.165, 1.54) is 17.5 Å². The predicted molar refractivity (Wildman–Crippen MR) is 101 cm³/mol. The van der Waals surface area contributed by atoms with Gasteiger partial charge in [-0.15, -0.1) is 0 Å². The standard InChI is InChI=1S/C21H25N3O/c1-22-21(23-18-11-12-25-20-10-6-5-9-17(18)20)24-19-14-16(19)13-15-7-3-2-4-8-15/h2-10,16,18-19H,11-14H2,1H3,(H2,22,23,24). The highest BCUT2D eigenvalue weighted by molar-refractivity contribution is 5.81. The van der Waals surface area contributed by atoms with Crippen LogP contribution in [0.15, 0.2) is 59.6 Å². The highest BCUT2D eigenvalue weighted by Gasteiger charge is 2.38. The molecule has 2 N–H and O–H groups in total. The van der Waals surface area contributed by atoms with Crippen LogP contribution in [0.1, 0.15) is 30.0 Å². The van der Waals surface area contributed by atoms with E-state index in [0.29, 0.717) is 12.0 Å². The Kier molecular flexibility index (Phi) is 4.59. The van der Waals surface area contributed by atoms with E-state index in [-0.39, 0.29) is 6.04 Å². The topological polar surface area (TPSA) is 45.7 Å². The largest absolute Gasteiger partial charge is 0.493 e. The van der Waals surface area contributed by atoms with Crippen LogP contribution in [0.3, 0.4) is 0 Å². The molecule has 2 aliphatic rings. The number of rotatable bonds is 4. The zero-order chi connectivity index (χ0) is 17.1. The van der Waals surface area contributed by atoms with Crippen molar-refractivity contribution in [2.45, 2.75) is 31.3 Å². The quantitative estimate of drug-likeness (QED) is 0.666. The third-order valence-corrected chi connectivity index (χ3v) is 5.08. The number of hydrogen-bond donors (Lipinski definition) is 2. The molecule has 1 fully saturated rings. The number of ether oxygens (including phenoxy) is 1. The van der Waals surface area contributed by atoms with Crippen molar-refractivity contribution in [3.8, 4) is 5.75 Å². The van der Waals surface area contributed by atoms with Crippen LogP contribution in [-0.2, 0) is 6.42 Å². The van der Waals surface area contributed by atoms with Crippen LogP contribution in [0.5, 0.6) is 5.75 Å². The summed E-state index contributed by atoms with van der Waals surface area (Å²) in [5.41, 5.74) is 2.63. The molecule has 3 atom stereocenters. The van der Waals surface area contributed by atoms with Gasteiger partial charge in [0, 0.05) is 25.1 Å². The third kappa shape index (κ3) is 3.78. The van der Waals surface area contributed by atoms with Crippen LogP contribution in [0.25, 0.3) is 0 Å². The van der Waals surface area contributed by atoms with Crippen molar-refractivity contribution in [2.75, 3.05) is 13.7 Å². The van der Waals surface area contributed by atoms with E-state index in [1.807, 2.05) is 19.2 Å². The first kappa shape index (κ1) is 16.0. The Morgan fingerprint density at radius 3 is 2.72 bits per heavy atom. The van der Waals surface area contributed by atoms with Crippen molar-refractivity contribution < 1.29 is 4.74 Å². The molecule has 0 amide bonds. The maximum absolute atomic E-state index is 5.75. The van der Waals surface area contributed by atoms with Crippen LogP contribution < -0.4 is 15.4 Å². The summed E-state index contributed by atoms with van der Waals surface area (Å²) in [5, 5.41) is 7.16. The summed E-state index contributed by atoms with van der Waals surface area (Å²) in [6.45, 7) is 0.742. The second kappa shape index (κ2) is 7.18. The summed E-state index contributed by atoms with van der Waals surface area (Å²) in [7, 11) is 1.84. The number of fused-ring (bicyclic) bond motifs is 1. The van der Waals surface area contributed by atoms with Gasteiger partial charge in [-0.3, -0.25) is 4.99 Å². The van der Waals surface area contributed by atoms with Gasteiger partial charge in [-0.25, -0.2) is 0 Å². The van der Waals surface area contributed by atoms with E-state index < -0.39 is 0 Å². The van der Waals surface area contributed by atoms with Gasteiger partial charge in [-0.05, 0) is 30.4 Å². The first-order chi connectivity index (χ1) is 12.3. The number of nitrogens with zero attached hydrogens (tertiary/aromatic N) is 1. The number of nitrogens with one attached hydrogen (secondary N) is 2. The van der Waals surface area contributed by atoms with E-state index in [4.69, 9.17) is 4.74 Å². The van der Waals surface area contributed by atoms with Gasteiger partial charge in [-0.1, -0.05) is 48.5 Å². The lowest BCUT2D eigenvalue weighted by Gasteiger charge is -2.28. The summed E-state index contributed by atoms with van der Waals surface area (Å²) in [5.74, 6) is 2.57. The third-order valence-electron chi connectivity index (χ3n) is 5.08. The van der Waals surface area contributed by atoms with Crippen molar-refractivity contribution in [3.05, 3.63) is 65.7 Å². The van der Waals surface area contributed by atoms with Gasteiger partial charge in [-0.2, -0.15) is 0 Å². The number of aliphatic imine (C=N–C) groups is 1.